The third-order valence-corrected chi connectivity index (χ3v) is 19.8. The molecule has 0 aromatic heterocycles. The van der Waals surface area contributed by atoms with Gasteiger partial charge in [0.25, 0.3) is 0 Å². The molecule has 0 aliphatic carbocycles. The SMILES string of the molecule is CCC(C)CCCCCCCCCCCCCCCCC(=O)O[C@H](COC(=O)CCCCCCCCC(C)C)COP(=O)(O)OC[C@H](O)COP(=O)(O)OC[C@@H](COC(=O)CCCCCCCCCCCC(C)C)OC(=O)CCCCCCCCCCCCCCCC(C)C. The first-order valence-corrected chi connectivity index (χ1v) is 42.2. The number of unbranched alkanes of at least 4 members (excludes halogenated alkanes) is 38. The van der Waals surface area contributed by atoms with Crippen LogP contribution in [-0.4, -0.2) is 96.7 Å². The zero-order valence-corrected chi connectivity index (χ0v) is 64.1. The first kappa shape index (κ1) is 93.1. The Labute approximate surface area is 581 Å². The summed E-state index contributed by atoms with van der Waals surface area (Å²) < 4.78 is 68.5. The highest BCUT2D eigenvalue weighted by Crippen LogP contribution is 2.45. The molecule has 0 saturated heterocycles. The van der Waals surface area contributed by atoms with Gasteiger partial charge in [0, 0.05) is 25.7 Å². The molecule has 6 atom stereocenters. The van der Waals surface area contributed by atoms with Crippen LogP contribution >= 0.6 is 15.6 Å². The summed E-state index contributed by atoms with van der Waals surface area (Å²) in [7, 11) is -9.91. The molecule has 19 heteroatoms. The van der Waals surface area contributed by atoms with Crippen molar-refractivity contribution in [2.24, 2.45) is 23.7 Å². The minimum absolute atomic E-state index is 0.106. The Bertz CT molecular complexity index is 1870. The smallest absolute Gasteiger partial charge is 0.462 e. The lowest BCUT2D eigenvalue weighted by Crippen LogP contribution is -2.30. The van der Waals surface area contributed by atoms with E-state index in [4.69, 9.17) is 37.0 Å². The van der Waals surface area contributed by atoms with Crippen LogP contribution in [0.15, 0.2) is 0 Å². The van der Waals surface area contributed by atoms with Gasteiger partial charge in [0.1, 0.15) is 19.3 Å². The van der Waals surface area contributed by atoms with E-state index in [0.717, 1.165) is 114 Å². The lowest BCUT2D eigenvalue weighted by atomic mass is 9.99. The van der Waals surface area contributed by atoms with Crippen molar-refractivity contribution in [3.63, 3.8) is 0 Å². The van der Waals surface area contributed by atoms with E-state index in [9.17, 15) is 43.2 Å². The van der Waals surface area contributed by atoms with Crippen molar-refractivity contribution in [2.75, 3.05) is 39.6 Å². The van der Waals surface area contributed by atoms with Gasteiger partial charge in [0.15, 0.2) is 12.2 Å². The maximum Gasteiger partial charge on any atom is 0.472 e. The molecule has 0 aromatic rings. The average Bonchev–Trinajstić information content (AvgIpc) is 2.66. The van der Waals surface area contributed by atoms with Crippen LogP contribution in [0.4, 0.5) is 0 Å². The molecule has 564 valence electrons. The molecular formula is C76H148O17P2. The van der Waals surface area contributed by atoms with E-state index in [-0.39, 0.29) is 25.7 Å². The van der Waals surface area contributed by atoms with Gasteiger partial charge in [0.05, 0.1) is 26.4 Å². The van der Waals surface area contributed by atoms with Crippen LogP contribution < -0.4 is 0 Å². The summed E-state index contributed by atoms with van der Waals surface area (Å²) in [6, 6.07) is 0. The van der Waals surface area contributed by atoms with E-state index >= 15 is 0 Å². The number of aliphatic hydroxyl groups is 1. The summed E-state index contributed by atoms with van der Waals surface area (Å²) in [6.45, 7) is 14.2. The van der Waals surface area contributed by atoms with Gasteiger partial charge >= 0.3 is 39.5 Å². The Morgan fingerprint density at radius 3 is 0.747 bits per heavy atom. The fourth-order valence-corrected chi connectivity index (χ4v) is 13.1. The summed E-state index contributed by atoms with van der Waals surface area (Å²) in [5.41, 5.74) is 0. The van der Waals surface area contributed by atoms with E-state index in [2.05, 4.69) is 55.4 Å². The fourth-order valence-electron chi connectivity index (χ4n) is 11.5. The number of hydrogen-bond acceptors (Lipinski definition) is 15. The molecule has 0 fully saturated rings. The molecule has 17 nitrogen and oxygen atoms in total. The van der Waals surface area contributed by atoms with Crippen LogP contribution in [0, 0.1) is 23.7 Å². The van der Waals surface area contributed by atoms with Crippen molar-refractivity contribution in [3.05, 3.63) is 0 Å². The van der Waals surface area contributed by atoms with E-state index in [1.54, 1.807) is 0 Å². The summed E-state index contributed by atoms with van der Waals surface area (Å²) in [5, 5.41) is 10.6. The zero-order chi connectivity index (χ0) is 70.3. The molecule has 0 saturated carbocycles. The van der Waals surface area contributed by atoms with E-state index in [1.807, 2.05) is 0 Å². The summed E-state index contributed by atoms with van der Waals surface area (Å²) in [4.78, 5) is 72.8. The largest absolute Gasteiger partial charge is 0.472 e. The third kappa shape index (κ3) is 69.0. The van der Waals surface area contributed by atoms with E-state index < -0.39 is 97.5 Å². The lowest BCUT2D eigenvalue weighted by Gasteiger charge is -2.21. The highest BCUT2D eigenvalue weighted by atomic mass is 31.2. The van der Waals surface area contributed by atoms with Crippen molar-refractivity contribution in [1.82, 2.24) is 0 Å². The van der Waals surface area contributed by atoms with Gasteiger partial charge in [-0.3, -0.25) is 37.3 Å². The van der Waals surface area contributed by atoms with Crippen LogP contribution in [0.1, 0.15) is 383 Å². The molecule has 0 rings (SSSR count). The molecule has 3 N–H and O–H groups in total. The predicted octanol–water partition coefficient (Wildman–Crippen LogP) is 22.0. The van der Waals surface area contributed by atoms with Gasteiger partial charge in [-0.2, -0.15) is 0 Å². The maximum atomic E-state index is 13.1. The van der Waals surface area contributed by atoms with Crippen molar-refractivity contribution in [2.45, 2.75) is 401 Å². The second-order valence-corrected chi connectivity index (χ2v) is 32.0. The van der Waals surface area contributed by atoms with Crippen molar-refractivity contribution in [1.29, 1.82) is 0 Å². The molecule has 0 aliphatic heterocycles. The number of hydrogen-bond donors (Lipinski definition) is 3. The lowest BCUT2D eigenvalue weighted by molar-refractivity contribution is -0.161. The van der Waals surface area contributed by atoms with Crippen LogP contribution in [-0.2, 0) is 65.4 Å². The summed E-state index contributed by atoms with van der Waals surface area (Å²) in [5.74, 6) is 0.933. The zero-order valence-electron chi connectivity index (χ0n) is 62.3. The van der Waals surface area contributed by atoms with Gasteiger partial charge in [-0.25, -0.2) is 9.13 Å². The Balaban J connectivity index is 5.22. The number of carbonyl (C=O) groups is 4. The molecule has 95 heavy (non-hydrogen) atoms. The number of rotatable bonds is 73. The van der Waals surface area contributed by atoms with E-state index in [0.29, 0.717) is 31.6 Å². The predicted molar refractivity (Wildman–Crippen MR) is 386 cm³/mol. The standard InChI is InChI=1S/C76H148O17P2/c1-9-69(8)55-47-39-30-24-18-14-10-11-15-19-25-32-42-50-58-76(81)93-72(63-87-74(79)57-49-41-35-34-38-46-54-68(6)7)65-91-95(84,85)89-61-70(77)60-88-94(82,83)90-64-71(62-86-73(78)56-48-40-31-27-21-23-29-37-45-53-67(4)5)92-75(80)59-51-43-33-26-20-16-12-13-17-22-28-36-44-52-66(2)3/h66-72,77H,9-65H2,1-8H3,(H,82,83)(H,84,85)/t69?,70-,71-,72-/m1/s1. The normalized spacial score (nSPS) is 14.4. The van der Waals surface area contributed by atoms with Gasteiger partial charge in [-0.15, -0.1) is 0 Å². The quantitative estimate of drug-likeness (QED) is 0.0222. The third-order valence-electron chi connectivity index (χ3n) is 17.9. The van der Waals surface area contributed by atoms with Crippen molar-refractivity contribution >= 4 is 39.5 Å². The monoisotopic (exact) mass is 1400 g/mol. The topological polar surface area (TPSA) is 237 Å². The van der Waals surface area contributed by atoms with Crippen LogP contribution in [0.5, 0.6) is 0 Å². The maximum absolute atomic E-state index is 13.1. The number of phosphoric acid groups is 2. The summed E-state index contributed by atoms with van der Waals surface area (Å²) in [6.07, 6.45) is 50.0. The van der Waals surface area contributed by atoms with E-state index in [1.165, 1.54) is 180 Å². The molecule has 0 aromatic carbocycles. The number of aliphatic hydroxyl groups excluding tert-OH is 1. The molecule has 0 amide bonds. The first-order valence-electron chi connectivity index (χ1n) is 39.2. The Morgan fingerprint density at radius 2 is 0.505 bits per heavy atom. The highest BCUT2D eigenvalue weighted by molar-refractivity contribution is 7.47. The minimum atomic E-state index is -4.96. The molecule has 0 heterocycles. The fraction of sp³-hybridized carbons (Fsp3) is 0.947. The van der Waals surface area contributed by atoms with Gasteiger partial charge < -0.3 is 33.8 Å². The second kappa shape index (κ2) is 65.4. The van der Waals surface area contributed by atoms with Crippen molar-refractivity contribution < 1.29 is 80.2 Å². The Kier molecular flexibility index (Phi) is 64.0. The molecule has 0 spiro atoms. The molecule has 0 aliphatic rings. The number of esters is 4. The van der Waals surface area contributed by atoms with Gasteiger partial charge in [-0.1, -0.05) is 331 Å². The van der Waals surface area contributed by atoms with Gasteiger partial charge in [0.2, 0.25) is 0 Å². The number of carbonyl (C=O) groups excluding carboxylic acids is 4. The molecule has 0 radical (unpaired) electrons. The van der Waals surface area contributed by atoms with Crippen LogP contribution in [0.25, 0.3) is 0 Å². The molecule has 0 bridgehead atoms. The molecular weight excluding hydrogens is 1250 g/mol. The van der Waals surface area contributed by atoms with Crippen LogP contribution in [0.3, 0.4) is 0 Å². The Morgan fingerprint density at radius 1 is 0.295 bits per heavy atom. The average molecular weight is 1400 g/mol. The minimum Gasteiger partial charge on any atom is -0.462 e. The van der Waals surface area contributed by atoms with Gasteiger partial charge in [-0.05, 0) is 49.4 Å². The second-order valence-electron chi connectivity index (χ2n) is 29.1. The first-order chi connectivity index (χ1) is 45.6. The van der Waals surface area contributed by atoms with Crippen molar-refractivity contribution in [3.8, 4) is 0 Å². The van der Waals surface area contributed by atoms with Crippen LogP contribution in [0.2, 0.25) is 0 Å². The summed E-state index contributed by atoms with van der Waals surface area (Å²) >= 11 is 0. The molecule has 3 unspecified atom stereocenters. The number of ether oxygens (including phenoxy) is 4. The number of phosphoric ester groups is 2. The Hall–Kier alpha value is -1.94. The highest BCUT2D eigenvalue weighted by Gasteiger charge is 2.30.